The van der Waals surface area contributed by atoms with E-state index in [1.54, 1.807) is 0 Å². The molecule has 0 saturated carbocycles. The van der Waals surface area contributed by atoms with Gasteiger partial charge in [-0.2, -0.15) is 0 Å². The summed E-state index contributed by atoms with van der Waals surface area (Å²) < 4.78 is 0.893. The summed E-state index contributed by atoms with van der Waals surface area (Å²) in [4.78, 5) is 17.0. The molecule has 0 bridgehead atoms. The molecular formula is C16H23IN4O. The fraction of sp³-hybridized carbons (Fsp3) is 0.438. The highest BCUT2D eigenvalue weighted by Crippen LogP contribution is 2.19. The zero-order valence-electron chi connectivity index (χ0n) is 12.8. The summed E-state index contributed by atoms with van der Waals surface area (Å²) in [5.41, 5.74) is 7.82. The molecule has 0 radical (unpaired) electrons. The number of alkyl halides is 1. The van der Waals surface area contributed by atoms with Crippen molar-refractivity contribution < 1.29 is 4.79 Å². The summed E-state index contributed by atoms with van der Waals surface area (Å²) in [5, 5.41) is 4.23. The van der Waals surface area contributed by atoms with Crippen LogP contribution in [0.5, 0.6) is 0 Å². The summed E-state index contributed by atoms with van der Waals surface area (Å²) in [7, 11) is 2.11. The largest absolute Gasteiger partial charge is 0.361 e. The molecule has 4 N–H and O–H groups in total. The van der Waals surface area contributed by atoms with Crippen molar-refractivity contribution in [1.29, 1.82) is 0 Å². The van der Waals surface area contributed by atoms with Gasteiger partial charge in [0.05, 0.1) is 6.54 Å². The highest BCUT2D eigenvalue weighted by atomic mass is 127. The number of nitrogens with two attached hydrogens (primary N) is 1. The predicted octanol–water partition coefficient (Wildman–Crippen LogP) is 1.87. The number of benzene rings is 1. The molecule has 0 aliphatic heterocycles. The molecule has 0 spiro atoms. The number of carbonyl (C=O) groups excluding carboxylic acids is 1. The molecule has 22 heavy (non-hydrogen) atoms. The van der Waals surface area contributed by atoms with Crippen LogP contribution in [-0.2, 0) is 11.3 Å². The molecule has 1 amide bonds. The SMILES string of the molecule is CN(CCC(CI)NC(=O)CN)Cc1c[nH]c2ccccc12. The first-order valence-electron chi connectivity index (χ1n) is 7.43. The van der Waals surface area contributed by atoms with Crippen LogP contribution < -0.4 is 11.1 Å². The van der Waals surface area contributed by atoms with E-state index in [0.717, 1.165) is 23.9 Å². The second kappa shape index (κ2) is 8.50. The molecule has 2 rings (SSSR count). The highest BCUT2D eigenvalue weighted by molar-refractivity contribution is 14.1. The third-order valence-electron chi connectivity index (χ3n) is 3.71. The minimum atomic E-state index is -0.0825. The van der Waals surface area contributed by atoms with Crippen molar-refractivity contribution in [1.82, 2.24) is 15.2 Å². The number of para-hydroxylation sites is 1. The van der Waals surface area contributed by atoms with E-state index in [1.807, 2.05) is 6.07 Å². The van der Waals surface area contributed by atoms with Crippen molar-refractivity contribution in [2.75, 3.05) is 24.6 Å². The number of nitrogens with one attached hydrogen (secondary N) is 2. The van der Waals surface area contributed by atoms with E-state index in [0.29, 0.717) is 0 Å². The van der Waals surface area contributed by atoms with Gasteiger partial charge in [-0.15, -0.1) is 0 Å². The number of nitrogens with zero attached hydrogens (tertiary/aromatic N) is 1. The zero-order chi connectivity index (χ0) is 15.9. The van der Waals surface area contributed by atoms with Crippen LogP contribution in [0.2, 0.25) is 0 Å². The Hall–Kier alpha value is -1.12. The van der Waals surface area contributed by atoms with E-state index >= 15 is 0 Å². The molecule has 1 aromatic carbocycles. The number of H-pyrrole nitrogens is 1. The van der Waals surface area contributed by atoms with Gasteiger partial charge >= 0.3 is 0 Å². The van der Waals surface area contributed by atoms with Crippen LogP contribution in [0.4, 0.5) is 0 Å². The van der Waals surface area contributed by atoms with Crippen LogP contribution in [0.25, 0.3) is 10.9 Å². The lowest BCUT2D eigenvalue weighted by Crippen LogP contribution is -2.41. The number of hydrogen-bond acceptors (Lipinski definition) is 3. The molecule has 2 aromatic rings. The average molecular weight is 414 g/mol. The molecule has 120 valence electrons. The van der Waals surface area contributed by atoms with Crippen LogP contribution >= 0.6 is 22.6 Å². The monoisotopic (exact) mass is 414 g/mol. The van der Waals surface area contributed by atoms with Gasteiger partial charge in [-0.05, 0) is 25.1 Å². The van der Waals surface area contributed by atoms with Crippen molar-refractivity contribution in [2.45, 2.75) is 19.0 Å². The van der Waals surface area contributed by atoms with Gasteiger partial charge in [0.2, 0.25) is 5.91 Å². The Morgan fingerprint density at radius 1 is 1.45 bits per heavy atom. The molecule has 0 aliphatic rings. The van der Waals surface area contributed by atoms with Gasteiger partial charge in [0.15, 0.2) is 0 Å². The van der Waals surface area contributed by atoms with Crippen molar-refractivity contribution >= 4 is 39.4 Å². The minimum Gasteiger partial charge on any atom is -0.361 e. The van der Waals surface area contributed by atoms with Crippen LogP contribution in [-0.4, -0.2) is 46.4 Å². The van der Waals surface area contributed by atoms with E-state index in [4.69, 9.17) is 5.73 Å². The van der Waals surface area contributed by atoms with Gasteiger partial charge in [0.1, 0.15) is 0 Å². The van der Waals surface area contributed by atoms with Crippen LogP contribution in [0.3, 0.4) is 0 Å². The van der Waals surface area contributed by atoms with E-state index in [9.17, 15) is 4.79 Å². The quantitative estimate of drug-likeness (QED) is 0.456. The van der Waals surface area contributed by atoms with Crippen LogP contribution in [0, 0.1) is 0 Å². The number of fused-ring (bicyclic) bond motifs is 1. The Morgan fingerprint density at radius 2 is 2.23 bits per heavy atom. The Kier molecular flexibility index (Phi) is 6.66. The van der Waals surface area contributed by atoms with E-state index in [-0.39, 0.29) is 18.5 Å². The molecule has 1 heterocycles. The smallest absolute Gasteiger partial charge is 0.233 e. The number of hydrogen-bond donors (Lipinski definition) is 3. The second-order valence-electron chi connectivity index (χ2n) is 5.51. The number of amides is 1. The number of carbonyl (C=O) groups is 1. The first kappa shape index (κ1) is 17.2. The van der Waals surface area contributed by atoms with Gasteiger partial charge < -0.3 is 20.9 Å². The van der Waals surface area contributed by atoms with Crippen LogP contribution in [0.15, 0.2) is 30.5 Å². The third kappa shape index (κ3) is 4.69. The van der Waals surface area contributed by atoms with Gasteiger partial charge in [-0.3, -0.25) is 4.79 Å². The number of aromatic amines is 1. The predicted molar refractivity (Wildman–Crippen MR) is 99.1 cm³/mol. The highest BCUT2D eigenvalue weighted by Gasteiger charge is 2.12. The van der Waals surface area contributed by atoms with Crippen molar-refractivity contribution in [3.63, 3.8) is 0 Å². The summed E-state index contributed by atoms with van der Waals surface area (Å²) in [6, 6.07) is 8.52. The maximum absolute atomic E-state index is 11.4. The van der Waals surface area contributed by atoms with Crippen molar-refractivity contribution in [3.05, 3.63) is 36.0 Å². The summed E-state index contributed by atoms with van der Waals surface area (Å²) in [5.74, 6) is -0.0825. The molecule has 1 aromatic heterocycles. The number of aromatic nitrogens is 1. The Labute approximate surface area is 144 Å². The van der Waals surface area contributed by atoms with Gasteiger partial charge in [0, 0.05) is 40.7 Å². The molecule has 1 atom stereocenters. The Morgan fingerprint density at radius 3 is 2.95 bits per heavy atom. The molecule has 0 aliphatic carbocycles. The molecule has 0 saturated heterocycles. The normalized spacial score (nSPS) is 12.7. The lowest BCUT2D eigenvalue weighted by molar-refractivity contribution is -0.120. The standard InChI is InChI=1S/C16H23IN4O/c1-21(7-6-13(8-17)20-16(22)9-18)11-12-10-19-15-5-3-2-4-14(12)15/h2-5,10,13,19H,6-9,11,18H2,1H3,(H,20,22). The number of rotatable bonds is 8. The van der Waals surface area contributed by atoms with E-state index < -0.39 is 0 Å². The minimum absolute atomic E-state index is 0.0539. The lowest BCUT2D eigenvalue weighted by Gasteiger charge is -2.21. The van der Waals surface area contributed by atoms with Crippen molar-refractivity contribution in [2.24, 2.45) is 5.73 Å². The topological polar surface area (TPSA) is 74.2 Å². The molecule has 5 nitrogen and oxygen atoms in total. The molecule has 0 fully saturated rings. The summed E-state index contributed by atoms with van der Waals surface area (Å²) in [6.45, 7) is 1.87. The van der Waals surface area contributed by atoms with Gasteiger partial charge in [-0.25, -0.2) is 0 Å². The molecule has 1 unspecified atom stereocenters. The first-order chi connectivity index (χ1) is 10.6. The van der Waals surface area contributed by atoms with Gasteiger partial charge in [-0.1, -0.05) is 40.8 Å². The first-order valence-corrected chi connectivity index (χ1v) is 8.95. The fourth-order valence-corrected chi connectivity index (χ4v) is 3.14. The number of halogens is 1. The van der Waals surface area contributed by atoms with E-state index in [2.05, 4.69) is 69.2 Å². The lowest BCUT2D eigenvalue weighted by atomic mass is 10.1. The Bertz CT molecular complexity index is 613. The summed E-state index contributed by atoms with van der Waals surface area (Å²) >= 11 is 2.30. The maximum Gasteiger partial charge on any atom is 0.233 e. The van der Waals surface area contributed by atoms with Crippen LogP contribution in [0.1, 0.15) is 12.0 Å². The maximum atomic E-state index is 11.4. The fourth-order valence-electron chi connectivity index (χ4n) is 2.48. The second-order valence-corrected chi connectivity index (χ2v) is 6.39. The summed E-state index contributed by atoms with van der Waals surface area (Å²) in [6.07, 6.45) is 3.00. The third-order valence-corrected chi connectivity index (χ3v) is 4.77. The molecule has 6 heteroatoms. The average Bonchev–Trinajstić information content (AvgIpc) is 2.94. The van der Waals surface area contributed by atoms with E-state index in [1.165, 1.54) is 16.5 Å². The Balaban J connectivity index is 1.87. The zero-order valence-corrected chi connectivity index (χ0v) is 15.0. The molecular weight excluding hydrogens is 391 g/mol. The van der Waals surface area contributed by atoms with Gasteiger partial charge in [0.25, 0.3) is 0 Å². The van der Waals surface area contributed by atoms with Crippen molar-refractivity contribution in [3.8, 4) is 0 Å².